The molecule has 2 heterocycles. The van der Waals surface area contributed by atoms with Crippen molar-refractivity contribution in [3.63, 3.8) is 0 Å². The number of carbonyl (C=O) groups excluding carboxylic acids is 1. The Morgan fingerprint density at radius 1 is 1.11 bits per heavy atom. The normalized spacial score (nSPS) is 10.9. The van der Waals surface area contributed by atoms with Crippen LogP contribution in [0.15, 0.2) is 36.7 Å². The van der Waals surface area contributed by atoms with E-state index in [1.807, 2.05) is 6.92 Å². The molecule has 0 radical (unpaired) electrons. The van der Waals surface area contributed by atoms with Gasteiger partial charge in [-0.1, -0.05) is 40.9 Å². The van der Waals surface area contributed by atoms with E-state index in [9.17, 15) is 4.79 Å². The molecule has 1 amide bonds. The van der Waals surface area contributed by atoms with Crippen LogP contribution in [0.4, 0.5) is 0 Å². The predicted octanol–water partition coefficient (Wildman–Crippen LogP) is 4.20. The van der Waals surface area contributed by atoms with Gasteiger partial charge in [0, 0.05) is 25.5 Å². The van der Waals surface area contributed by atoms with E-state index in [1.54, 1.807) is 41.3 Å². The lowest BCUT2D eigenvalue weighted by Crippen LogP contribution is -2.26. The first-order valence-corrected chi connectivity index (χ1v) is 9.65. The molecular formula is C18H18Cl3N5O2. The molecule has 0 aliphatic rings. The molecule has 0 atom stereocenters. The number of amides is 1. The quantitative estimate of drug-likeness (QED) is 0.531. The first-order chi connectivity index (χ1) is 13.4. The fourth-order valence-electron chi connectivity index (χ4n) is 2.45. The van der Waals surface area contributed by atoms with Crippen LogP contribution in [0.5, 0.6) is 5.75 Å². The summed E-state index contributed by atoms with van der Waals surface area (Å²) >= 11 is 18.1. The van der Waals surface area contributed by atoms with Crippen LogP contribution in [0.2, 0.25) is 15.1 Å². The minimum Gasteiger partial charge on any atom is -0.468 e. The van der Waals surface area contributed by atoms with Crippen LogP contribution < -0.4 is 10.1 Å². The van der Waals surface area contributed by atoms with E-state index >= 15 is 0 Å². The van der Waals surface area contributed by atoms with Gasteiger partial charge in [-0.2, -0.15) is 10.2 Å². The number of nitrogens with zero attached hydrogens (tertiary/aromatic N) is 4. The molecule has 0 bridgehead atoms. The summed E-state index contributed by atoms with van der Waals surface area (Å²) in [7, 11) is 0. The SMILES string of the molecule is Cc1nn(CCCNC(=O)c2ccn(COc3c(Cl)cccc3Cl)n2)cc1Cl. The van der Waals surface area contributed by atoms with E-state index < -0.39 is 0 Å². The van der Waals surface area contributed by atoms with Crippen molar-refractivity contribution in [2.75, 3.05) is 6.54 Å². The molecule has 0 saturated carbocycles. The summed E-state index contributed by atoms with van der Waals surface area (Å²) in [6, 6.07) is 6.71. The number of aryl methyl sites for hydroxylation is 2. The third-order valence-corrected chi connectivity index (χ3v) is 4.84. The van der Waals surface area contributed by atoms with Crippen LogP contribution in [-0.4, -0.2) is 32.0 Å². The van der Waals surface area contributed by atoms with Gasteiger partial charge >= 0.3 is 0 Å². The Hall–Kier alpha value is -2.22. The van der Waals surface area contributed by atoms with Crippen molar-refractivity contribution in [1.82, 2.24) is 24.9 Å². The van der Waals surface area contributed by atoms with Crippen LogP contribution in [-0.2, 0) is 13.3 Å². The Bertz CT molecular complexity index is 930. The Morgan fingerprint density at radius 2 is 1.86 bits per heavy atom. The Kier molecular flexibility index (Phi) is 6.83. The maximum absolute atomic E-state index is 12.2. The molecule has 10 heteroatoms. The minimum absolute atomic E-state index is 0.0795. The van der Waals surface area contributed by atoms with Crippen molar-refractivity contribution in [3.05, 3.63) is 63.1 Å². The smallest absolute Gasteiger partial charge is 0.271 e. The topological polar surface area (TPSA) is 74.0 Å². The molecule has 3 aromatic rings. The first kappa shape index (κ1) is 20.5. The molecular weight excluding hydrogens is 425 g/mol. The number of aromatic nitrogens is 4. The summed E-state index contributed by atoms with van der Waals surface area (Å²) < 4.78 is 8.84. The monoisotopic (exact) mass is 441 g/mol. The molecule has 0 unspecified atom stereocenters. The van der Waals surface area contributed by atoms with E-state index in [2.05, 4.69) is 15.5 Å². The van der Waals surface area contributed by atoms with Gasteiger partial charge in [0.1, 0.15) is 5.69 Å². The predicted molar refractivity (Wildman–Crippen MR) is 108 cm³/mol. The Morgan fingerprint density at radius 3 is 2.54 bits per heavy atom. The van der Waals surface area contributed by atoms with Crippen LogP contribution in [0.25, 0.3) is 0 Å². The summed E-state index contributed by atoms with van der Waals surface area (Å²) in [5, 5.41) is 12.7. The molecule has 0 aliphatic heterocycles. The van der Waals surface area contributed by atoms with Crippen molar-refractivity contribution in [2.45, 2.75) is 26.6 Å². The minimum atomic E-state index is -0.260. The fourth-order valence-corrected chi connectivity index (χ4v) is 3.10. The van der Waals surface area contributed by atoms with Gasteiger partial charge < -0.3 is 10.1 Å². The van der Waals surface area contributed by atoms with E-state index in [4.69, 9.17) is 39.5 Å². The average molecular weight is 443 g/mol. The maximum Gasteiger partial charge on any atom is 0.271 e. The number of halogens is 3. The van der Waals surface area contributed by atoms with E-state index in [0.29, 0.717) is 39.6 Å². The number of benzene rings is 1. The van der Waals surface area contributed by atoms with Gasteiger partial charge in [-0.15, -0.1) is 0 Å². The molecule has 0 fully saturated rings. The first-order valence-electron chi connectivity index (χ1n) is 8.52. The van der Waals surface area contributed by atoms with Gasteiger partial charge in [-0.3, -0.25) is 9.48 Å². The zero-order valence-corrected chi connectivity index (χ0v) is 17.3. The molecule has 0 aliphatic carbocycles. The van der Waals surface area contributed by atoms with Gasteiger partial charge in [0.05, 0.1) is 20.8 Å². The number of hydrogen-bond donors (Lipinski definition) is 1. The van der Waals surface area contributed by atoms with E-state index in [0.717, 1.165) is 12.1 Å². The fraction of sp³-hybridized carbons (Fsp3) is 0.278. The standard InChI is InChI=1S/C18H18Cl3N5O2/c1-12-15(21)10-25(23-12)8-3-7-22-18(27)16-6-9-26(24-16)11-28-17-13(19)4-2-5-14(17)20/h2,4-6,9-10H,3,7-8,11H2,1H3,(H,22,27). The number of nitrogens with one attached hydrogen (secondary N) is 1. The van der Waals surface area contributed by atoms with Gasteiger partial charge in [0.15, 0.2) is 12.5 Å². The molecule has 1 N–H and O–H groups in total. The second-order valence-corrected chi connectivity index (χ2v) is 7.22. The van der Waals surface area contributed by atoms with Crippen LogP contribution in [0.3, 0.4) is 0 Å². The van der Waals surface area contributed by atoms with Crippen molar-refractivity contribution in [3.8, 4) is 5.75 Å². The Balaban J connectivity index is 1.46. The Labute approximate surface area is 177 Å². The molecule has 3 rings (SSSR count). The summed E-state index contributed by atoms with van der Waals surface area (Å²) in [5.41, 5.74) is 1.09. The van der Waals surface area contributed by atoms with E-state index in [1.165, 1.54) is 4.68 Å². The van der Waals surface area contributed by atoms with E-state index in [-0.39, 0.29) is 12.6 Å². The average Bonchev–Trinajstić information content (AvgIpc) is 3.25. The third kappa shape index (κ3) is 5.19. The highest BCUT2D eigenvalue weighted by molar-refractivity contribution is 6.37. The molecule has 1 aromatic carbocycles. The summed E-state index contributed by atoms with van der Waals surface area (Å²) in [6.45, 7) is 3.08. The number of hydrogen-bond acceptors (Lipinski definition) is 4. The summed E-state index contributed by atoms with van der Waals surface area (Å²) in [4.78, 5) is 12.2. The lowest BCUT2D eigenvalue weighted by atomic mass is 10.3. The molecule has 148 valence electrons. The number of carbonyl (C=O) groups is 1. The number of para-hydroxylation sites is 1. The molecule has 0 spiro atoms. The lowest BCUT2D eigenvalue weighted by Gasteiger charge is -2.09. The highest BCUT2D eigenvalue weighted by atomic mass is 35.5. The van der Waals surface area contributed by atoms with Crippen molar-refractivity contribution >= 4 is 40.7 Å². The lowest BCUT2D eigenvalue weighted by molar-refractivity contribution is 0.0945. The molecule has 2 aromatic heterocycles. The van der Waals surface area contributed by atoms with Crippen molar-refractivity contribution < 1.29 is 9.53 Å². The van der Waals surface area contributed by atoms with Crippen molar-refractivity contribution in [2.24, 2.45) is 0 Å². The van der Waals surface area contributed by atoms with Gasteiger partial charge in [0.2, 0.25) is 0 Å². The summed E-state index contributed by atoms with van der Waals surface area (Å²) in [6.07, 6.45) is 4.14. The van der Waals surface area contributed by atoms with Crippen molar-refractivity contribution in [1.29, 1.82) is 0 Å². The summed E-state index contributed by atoms with van der Waals surface area (Å²) in [5.74, 6) is 0.116. The van der Waals surface area contributed by atoms with Gasteiger partial charge in [0.25, 0.3) is 5.91 Å². The third-order valence-electron chi connectivity index (χ3n) is 3.87. The second-order valence-electron chi connectivity index (χ2n) is 6.00. The largest absolute Gasteiger partial charge is 0.468 e. The van der Waals surface area contributed by atoms with Crippen LogP contribution in [0, 0.1) is 6.92 Å². The number of ether oxygens (including phenoxy) is 1. The molecule has 28 heavy (non-hydrogen) atoms. The highest BCUT2D eigenvalue weighted by Crippen LogP contribution is 2.32. The van der Waals surface area contributed by atoms with Crippen LogP contribution in [0.1, 0.15) is 22.6 Å². The molecule has 0 saturated heterocycles. The van der Waals surface area contributed by atoms with Gasteiger partial charge in [-0.05, 0) is 31.5 Å². The zero-order valence-electron chi connectivity index (χ0n) is 15.0. The number of rotatable bonds is 8. The zero-order chi connectivity index (χ0) is 20.1. The van der Waals surface area contributed by atoms with Gasteiger partial charge in [-0.25, -0.2) is 4.68 Å². The van der Waals surface area contributed by atoms with Crippen LogP contribution >= 0.6 is 34.8 Å². The molecule has 7 nitrogen and oxygen atoms in total. The highest BCUT2D eigenvalue weighted by Gasteiger charge is 2.11. The maximum atomic E-state index is 12.2. The second kappa shape index (κ2) is 9.32.